The Morgan fingerprint density at radius 1 is 1.03 bits per heavy atom. The van der Waals surface area contributed by atoms with Crippen LogP contribution in [-0.4, -0.2) is 27.5 Å². The summed E-state index contributed by atoms with van der Waals surface area (Å²) in [7, 11) is -3.09. The highest BCUT2D eigenvalue weighted by Gasteiger charge is 2.35. The van der Waals surface area contributed by atoms with E-state index in [1.54, 1.807) is 30.3 Å². The molecule has 0 fully saturated rings. The van der Waals surface area contributed by atoms with Crippen molar-refractivity contribution in [2.45, 2.75) is 23.5 Å². The van der Waals surface area contributed by atoms with Gasteiger partial charge in [-0.15, -0.1) is 0 Å². The normalized spacial score (nSPS) is 12.7. The summed E-state index contributed by atoms with van der Waals surface area (Å²) in [6.07, 6.45) is -4.84. The van der Waals surface area contributed by atoms with Crippen molar-refractivity contribution in [1.29, 1.82) is 0 Å². The van der Waals surface area contributed by atoms with Gasteiger partial charge < -0.3 is 10.1 Å². The first-order valence-electron chi connectivity index (χ1n) is 9.88. The number of methoxy groups -OCH3 is 1. The summed E-state index contributed by atoms with van der Waals surface area (Å²) in [6.45, 7) is 0. The summed E-state index contributed by atoms with van der Waals surface area (Å²) in [6, 6.07) is 15.4. The molecular formula is C23H20ClF3N2O4S. The molecule has 0 spiro atoms. The van der Waals surface area contributed by atoms with Crippen LogP contribution in [0.2, 0.25) is 5.02 Å². The van der Waals surface area contributed by atoms with Crippen molar-refractivity contribution in [2.75, 3.05) is 12.4 Å². The molecule has 0 saturated heterocycles. The number of halogens is 4. The average molecular weight is 513 g/mol. The van der Waals surface area contributed by atoms with Crippen molar-refractivity contribution in [2.24, 2.45) is 0 Å². The van der Waals surface area contributed by atoms with Gasteiger partial charge in [-0.05, 0) is 42.3 Å². The van der Waals surface area contributed by atoms with Crippen molar-refractivity contribution >= 4 is 33.2 Å². The van der Waals surface area contributed by atoms with Gasteiger partial charge in [0, 0.05) is 5.02 Å². The summed E-state index contributed by atoms with van der Waals surface area (Å²) >= 11 is 5.94. The summed E-state index contributed by atoms with van der Waals surface area (Å²) in [5.41, 5.74) is -0.953. The molecule has 6 nitrogen and oxygen atoms in total. The molecule has 2 N–H and O–H groups in total. The van der Waals surface area contributed by atoms with E-state index in [0.29, 0.717) is 5.56 Å². The Balaban J connectivity index is 1.97. The predicted octanol–water partition coefficient (Wildman–Crippen LogP) is 4.90. The number of hydrogen-bond acceptors (Lipinski definition) is 4. The fourth-order valence-corrected chi connectivity index (χ4v) is 4.84. The molecule has 0 aliphatic rings. The maximum atomic E-state index is 13.4. The van der Waals surface area contributed by atoms with Gasteiger partial charge in [0.1, 0.15) is 16.7 Å². The monoisotopic (exact) mass is 512 g/mol. The van der Waals surface area contributed by atoms with Gasteiger partial charge >= 0.3 is 6.18 Å². The SMILES string of the molecule is COc1ccc(Cl)cc1S(=O)(=O)N[C@H](Cc1ccccc1)C(=O)Nc1ccccc1C(F)(F)F. The Morgan fingerprint density at radius 3 is 2.32 bits per heavy atom. The lowest BCUT2D eigenvalue weighted by Crippen LogP contribution is -2.45. The second-order valence-electron chi connectivity index (χ2n) is 7.19. The van der Waals surface area contributed by atoms with Gasteiger partial charge in [0.15, 0.2) is 0 Å². The van der Waals surface area contributed by atoms with Crippen molar-refractivity contribution in [1.82, 2.24) is 4.72 Å². The summed E-state index contributed by atoms with van der Waals surface area (Å²) in [5, 5.41) is 2.32. The van der Waals surface area contributed by atoms with Crippen LogP contribution < -0.4 is 14.8 Å². The molecule has 180 valence electrons. The van der Waals surface area contributed by atoms with Crippen LogP contribution in [0.4, 0.5) is 18.9 Å². The van der Waals surface area contributed by atoms with E-state index in [2.05, 4.69) is 10.0 Å². The lowest BCUT2D eigenvalue weighted by molar-refractivity contribution is -0.137. The number of nitrogens with one attached hydrogen (secondary N) is 2. The molecule has 3 aromatic carbocycles. The lowest BCUT2D eigenvalue weighted by atomic mass is 10.1. The van der Waals surface area contributed by atoms with Crippen molar-refractivity contribution < 1.29 is 31.1 Å². The second kappa shape index (κ2) is 10.5. The molecule has 11 heteroatoms. The molecule has 0 radical (unpaired) electrons. The average Bonchev–Trinajstić information content (AvgIpc) is 2.79. The Labute approximate surface area is 199 Å². The largest absolute Gasteiger partial charge is 0.495 e. The highest BCUT2D eigenvalue weighted by Crippen LogP contribution is 2.34. The molecule has 0 bridgehead atoms. The first-order valence-corrected chi connectivity index (χ1v) is 11.7. The van der Waals surface area contributed by atoms with E-state index in [9.17, 15) is 26.4 Å². The number of carbonyl (C=O) groups excluding carboxylic acids is 1. The van der Waals surface area contributed by atoms with E-state index in [4.69, 9.17) is 16.3 Å². The topological polar surface area (TPSA) is 84.5 Å². The van der Waals surface area contributed by atoms with E-state index < -0.39 is 39.4 Å². The Kier molecular flexibility index (Phi) is 7.86. The number of amides is 1. The standard InChI is InChI=1S/C23H20ClF3N2O4S/c1-33-20-12-11-16(24)14-21(20)34(31,32)29-19(13-15-7-3-2-4-8-15)22(30)28-18-10-6-5-9-17(18)23(25,26)27/h2-12,14,19,29H,13H2,1H3,(H,28,30)/t19-/m1/s1. The van der Waals surface area contributed by atoms with E-state index >= 15 is 0 Å². The first-order chi connectivity index (χ1) is 16.0. The van der Waals surface area contributed by atoms with E-state index in [1.165, 1.54) is 31.4 Å². The van der Waals surface area contributed by atoms with Crippen LogP contribution >= 0.6 is 11.6 Å². The zero-order valence-electron chi connectivity index (χ0n) is 17.8. The van der Waals surface area contributed by atoms with Gasteiger partial charge in [0.2, 0.25) is 15.9 Å². The zero-order chi connectivity index (χ0) is 24.9. The minimum absolute atomic E-state index is 0.0156. The number of benzene rings is 3. The van der Waals surface area contributed by atoms with Crippen molar-refractivity contribution in [3.8, 4) is 5.75 Å². The van der Waals surface area contributed by atoms with E-state index in [-0.39, 0.29) is 22.1 Å². The maximum absolute atomic E-state index is 13.4. The van der Waals surface area contributed by atoms with Gasteiger partial charge in [-0.25, -0.2) is 8.42 Å². The number of hydrogen-bond donors (Lipinski definition) is 2. The quantitative estimate of drug-likeness (QED) is 0.450. The fourth-order valence-electron chi connectivity index (χ4n) is 3.21. The van der Waals surface area contributed by atoms with E-state index in [0.717, 1.165) is 18.2 Å². The highest BCUT2D eigenvalue weighted by molar-refractivity contribution is 7.89. The number of para-hydroxylation sites is 1. The molecule has 34 heavy (non-hydrogen) atoms. The molecule has 0 heterocycles. The van der Waals surface area contributed by atoms with Gasteiger partial charge in [0.25, 0.3) is 0 Å². The number of ether oxygens (including phenoxy) is 1. The molecule has 0 aliphatic carbocycles. The molecule has 0 saturated carbocycles. The van der Waals surface area contributed by atoms with Crippen LogP contribution in [0.5, 0.6) is 5.75 Å². The molecule has 0 aromatic heterocycles. The number of alkyl halides is 3. The number of carbonyl (C=O) groups is 1. The van der Waals surface area contributed by atoms with Crippen LogP contribution in [-0.2, 0) is 27.4 Å². The van der Waals surface area contributed by atoms with Crippen LogP contribution in [0.25, 0.3) is 0 Å². The third-order valence-corrected chi connectivity index (χ3v) is 6.53. The van der Waals surface area contributed by atoms with Crippen LogP contribution in [0.3, 0.4) is 0 Å². The smallest absolute Gasteiger partial charge is 0.418 e. The maximum Gasteiger partial charge on any atom is 0.418 e. The molecule has 3 aromatic rings. The van der Waals surface area contributed by atoms with Crippen LogP contribution in [0, 0.1) is 0 Å². The minimum atomic E-state index is -4.72. The molecular weight excluding hydrogens is 493 g/mol. The minimum Gasteiger partial charge on any atom is -0.495 e. The summed E-state index contributed by atoms with van der Waals surface area (Å²) in [4.78, 5) is 12.7. The zero-order valence-corrected chi connectivity index (χ0v) is 19.3. The summed E-state index contributed by atoms with van der Waals surface area (Å²) in [5.74, 6) is -0.983. The Bertz CT molecular complexity index is 1270. The van der Waals surface area contributed by atoms with Crippen molar-refractivity contribution in [3.63, 3.8) is 0 Å². The molecule has 0 unspecified atom stereocenters. The number of anilines is 1. The van der Waals surface area contributed by atoms with Crippen LogP contribution in [0.1, 0.15) is 11.1 Å². The third kappa shape index (κ3) is 6.28. The van der Waals surface area contributed by atoms with Crippen LogP contribution in [0.15, 0.2) is 77.7 Å². The second-order valence-corrected chi connectivity index (χ2v) is 9.31. The fraction of sp³-hybridized carbons (Fsp3) is 0.174. The number of rotatable bonds is 8. The number of sulfonamides is 1. The predicted molar refractivity (Wildman–Crippen MR) is 122 cm³/mol. The Morgan fingerprint density at radius 2 is 1.68 bits per heavy atom. The first kappa shape index (κ1) is 25.5. The van der Waals surface area contributed by atoms with Gasteiger partial charge in [-0.1, -0.05) is 54.1 Å². The van der Waals surface area contributed by atoms with E-state index in [1.807, 2.05) is 0 Å². The summed E-state index contributed by atoms with van der Waals surface area (Å²) < 4.78 is 73.8. The molecule has 0 aliphatic heterocycles. The van der Waals surface area contributed by atoms with Crippen molar-refractivity contribution in [3.05, 3.63) is 88.9 Å². The molecule has 1 amide bonds. The van der Waals surface area contributed by atoms with Gasteiger partial charge in [-0.3, -0.25) is 4.79 Å². The highest BCUT2D eigenvalue weighted by atomic mass is 35.5. The molecule has 3 rings (SSSR count). The van der Waals surface area contributed by atoms with Gasteiger partial charge in [0.05, 0.1) is 18.4 Å². The lowest BCUT2D eigenvalue weighted by Gasteiger charge is -2.21. The molecule has 1 atom stereocenters. The van der Waals surface area contributed by atoms with Gasteiger partial charge in [-0.2, -0.15) is 17.9 Å². The Hall–Kier alpha value is -3.08. The third-order valence-electron chi connectivity index (χ3n) is 4.80.